The Kier molecular flexibility index (Phi) is 5.91. The number of hydrogen-bond donors (Lipinski definition) is 0. The monoisotopic (exact) mass is 510 g/mol. The molecule has 11 nitrogen and oxygen atoms in total. The molecule has 0 aliphatic carbocycles. The first-order valence-corrected chi connectivity index (χ1v) is 11.5. The smallest absolute Gasteiger partial charge is 0.410 e. The average Bonchev–Trinajstić information content (AvgIpc) is 3.31. The molecule has 0 radical (unpaired) electrons. The van der Waals surface area contributed by atoms with E-state index in [0.29, 0.717) is 50.5 Å². The molecule has 0 aromatic carbocycles. The van der Waals surface area contributed by atoms with Gasteiger partial charge in [-0.25, -0.2) is 9.59 Å². The first-order valence-electron chi connectivity index (χ1n) is 10.7. The van der Waals surface area contributed by atoms with Crippen LogP contribution in [0.2, 0.25) is 0 Å². The fourth-order valence-corrected chi connectivity index (χ4v) is 4.53. The molecule has 4 rings (SSSR count). The molecule has 0 saturated carbocycles. The molecular weight excluding hydrogens is 484 g/mol. The summed E-state index contributed by atoms with van der Waals surface area (Å²) < 4.78 is 14.0. The van der Waals surface area contributed by atoms with Crippen molar-refractivity contribution in [3.05, 3.63) is 20.8 Å². The molecule has 1 unspecified atom stereocenters. The Morgan fingerprint density at radius 3 is 2.50 bits per heavy atom. The third kappa shape index (κ3) is 4.07. The van der Waals surface area contributed by atoms with E-state index in [1.54, 1.807) is 16.4 Å². The van der Waals surface area contributed by atoms with Crippen LogP contribution in [0.4, 0.5) is 10.5 Å². The van der Waals surface area contributed by atoms with E-state index in [2.05, 4.69) is 26.0 Å². The maximum Gasteiger partial charge on any atom is 0.410 e. The van der Waals surface area contributed by atoms with Gasteiger partial charge in [-0.05, 0) is 56.5 Å². The summed E-state index contributed by atoms with van der Waals surface area (Å²) in [5.74, 6) is -0.0415. The van der Waals surface area contributed by atoms with Crippen molar-refractivity contribution >= 4 is 39.5 Å². The van der Waals surface area contributed by atoms with Crippen LogP contribution in [0, 0.1) is 0 Å². The van der Waals surface area contributed by atoms with E-state index >= 15 is 0 Å². The number of fused-ring (bicyclic) bond motifs is 3. The van der Waals surface area contributed by atoms with E-state index in [1.165, 1.54) is 4.52 Å². The maximum atomic E-state index is 13.4. The molecule has 0 spiro atoms. The highest BCUT2D eigenvalue weighted by atomic mass is 79.9. The average molecular weight is 511 g/mol. The molecule has 2 aromatic heterocycles. The normalized spacial score (nSPS) is 18.7. The molecule has 1 atom stereocenters. The first kappa shape index (κ1) is 22.6. The van der Waals surface area contributed by atoms with Gasteiger partial charge in [0.1, 0.15) is 17.3 Å². The van der Waals surface area contributed by atoms with Gasteiger partial charge in [-0.15, -0.1) is 5.10 Å². The number of anilines is 1. The van der Waals surface area contributed by atoms with Crippen molar-refractivity contribution < 1.29 is 19.1 Å². The van der Waals surface area contributed by atoms with Crippen LogP contribution in [0.1, 0.15) is 45.9 Å². The Morgan fingerprint density at radius 2 is 1.88 bits per heavy atom. The highest BCUT2D eigenvalue weighted by Gasteiger charge is 2.37. The number of carbonyl (C=O) groups is 2. The van der Waals surface area contributed by atoms with Crippen molar-refractivity contribution in [1.82, 2.24) is 24.1 Å². The lowest BCUT2D eigenvalue weighted by Crippen LogP contribution is -2.51. The number of piperazine rings is 1. The maximum absolute atomic E-state index is 13.4. The summed E-state index contributed by atoms with van der Waals surface area (Å²) in [6.07, 6.45) is 0.700. The topological polar surface area (TPSA) is 111 Å². The van der Waals surface area contributed by atoms with Crippen LogP contribution >= 0.6 is 15.9 Å². The Labute approximate surface area is 193 Å². The van der Waals surface area contributed by atoms with E-state index < -0.39 is 11.6 Å². The number of nitrogens with zero attached hydrogens (tertiary/aromatic N) is 6. The number of hydrogen-bond acceptors (Lipinski definition) is 8. The van der Waals surface area contributed by atoms with Crippen LogP contribution < -0.4 is 10.5 Å². The number of esters is 1. The molecule has 2 aromatic rings. The number of aromatic nitrogens is 4. The van der Waals surface area contributed by atoms with Gasteiger partial charge < -0.3 is 19.3 Å². The zero-order chi connectivity index (χ0) is 23.2. The standard InChI is InChI=1S/C20H27BrN6O5/c1-5-31-16(29)13-7-6-12-14(15(28)27-18(26(12)13)22-17(21)23-27)24-8-10-25(11-9-24)19(30)32-20(2,3)4/h13H,5-11H2,1-4H3. The molecule has 0 bridgehead atoms. The van der Waals surface area contributed by atoms with Gasteiger partial charge in [-0.2, -0.15) is 9.50 Å². The van der Waals surface area contributed by atoms with E-state index in [9.17, 15) is 14.4 Å². The quantitative estimate of drug-likeness (QED) is 0.574. The van der Waals surface area contributed by atoms with Crippen LogP contribution in [0.3, 0.4) is 0 Å². The molecule has 32 heavy (non-hydrogen) atoms. The second-order valence-corrected chi connectivity index (χ2v) is 9.53. The van der Waals surface area contributed by atoms with Crippen molar-refractivity contribution in [1.29, 1.82) is 0 Å². The summed E-state index contributed by atoms with van der Waals surface area (Å²) in [6, 6.07) is -0.564. The Hall–Kier alpha value is -2.63. The van der Waals surface area contributed by atoms with E-state index in [0.717, 1.165) is 5.69 Å². The molecule has 1 fully saturated rings. The highest BCUT2D eigenvalue weighted by molar-refractivity contribution is 9.10. The van der Waals surface area contributed by atoms with E-state index in [4.69, 9.17) is 9.47 Å². The fraction of sp³-hybridized carbons (Fsp3) is 0.650. The van der Waals surface area contributed by atoms with Gasteiger partial charge >= 0.3 is 12.1 Å². The zero-order valence-electron chi connectivity index (χ0n) is 18.6. The molecule has 12 heteroatoms. The van der Waals surface area contributed by atoms with Gasteiger partial charge in [0.25, 0.3) is 5.56 Å². The van der Waals surface area contributed by atoms with Crippen molar-refractivity contribution in [2.24, 2.45) is 0 Å². The van der Waals surface area contributed by atoms with Crippen LogP contribution in [0.15, 0.2) is 9.53 Å². The summed E-state index contributed by atoms with van der Waals surface area (Å²) in [6.45, 7) is 9.31. The minimum atomic E-state index is -0.568. The summed E-state index contributed by atoms with van der Waals surface area (Å²) in [7, 11) is 0. The largest absolute Gasteiger partial charge is 0.464 e. The number of amides is 1. The summed E-state index contributed by atoms with van der Waals surface area (Å²) in [5, 5.41) is 4.19. The molecule has 174 valence electrons. The molecule has 2 aliphatic rings. The van der Waals surface area contributed by atoms with Crippen LogP contribution in [0.25, 0.3) is 5.78 Å². The lowest BCUT2D eigenvalue weighted by molar-refractivity contribution is -0.146. The zero-order valence-corrected chi connectivity index (χ0v) is 20.2. The second-order valence-electron chi connectivity index (χ2n) is 8.82. The van der Waals surface area contributed by atoms with Crippen molar-refractivity contribution in [3.8, 4) is 0 Å². The Bertz CT molecular complexity index is 1110. The lowest BCUT2D eigenvalue weighted by Gasteiger charge is -2.37. The SMILES string of the molecule is CCOC(=O)C1CCc2c(N3CCN(C(=O)OC(C)(C)C)CC3)c(=O)n3nc(Br)nc3n21. The number of carbonyl (C=O) groups excluding carboxylic acids is 2. The van der Waals surface area contributed by atoms with Gasteiger partial charge in [0.2, 0.25) is 10.5 Å². The van der Waals surface area contributed by atoms with Crippen molar-refractivity contribution in [2.75, 3.05) is 37.7 Å². The third-order valence-corrected chi connectivity index (χ3v) is 5.85. The van der Waals surface area contributed by atoms with E-state index in [-0.39, 0.29) is 29.0 Å². The Morgan fingerprint density at radius 1 is 1.19 bits per heavy atom. The first-order chi connectivity index (χ1) is 15.1. The molecule has 0 N–H and O–H groups in total. The highest BCUT2D eigenvalue weighted by Crippen LogP contribution is 2.34. The number of rotatable bonds is 3. The number of ether oxygens (including phenoxy) is 2. The van der Waals surface area contributed by atoms with Gasteiger partial charge in [0.15, 0.2) is 0 Å². The molecule has 4 heterocycles. The lowest BCUT2D eigenvalue weighted by atomic mass is 10.2. The van der Waals surface area contributed by atoms with Crippen LogP contribution in [0.5, 0.6) is 0 Å². The van der Waals surface area contributed by atoms with Crippen molar-refractivity contribution in [3.63, 3.8) is 0 Å². The van der Waals surface area contributed by atoms with Gasteiger partial charge in [0, 0.05) is 26.2 Å². The van der Waals surface area contributed by atoms with Gasteiger partial charge in [-0.1, -0.05) is 0 Å². The summed E-state index contributed by atoms with van der Waals surface area (Å²) in [5.41, 5.74) is 0.373. The van der Waals surface area contributed by atoms with Crippen LogP contribution in [-0.2, 0) is 20.7 Å². The summed E-state index contributed by atoms with van der Waals surface area (Å²) in [4.78, 5) is 46.3. The molecule has 2 aliphatic heterocycles. The van der Waals surface area contributed by atoms with Crippen LogP contribution in [-0.4, -0.2) is 74.5 Å². The second kappa shape index (κ2) is 8.38. The summed E-state index contributed by atoms with van der Waals surface area (Å²) >= 11 is 3.24. The molecule has 1 amide bonds. The molecular formula is C20H27BrN6O5. The van der Waals surface area contributed by atoms with Crippen molar-refractivity contribution in [2.45, 2.75) is 52.2 Å². The molecule has 1 saturated heterocycles. The van der Waals surface area contributed by atoms with Gasteiger partial charge in [0.05, 0.1) is 12.3 Å². The van der Waals surface area contributed by atoms with Gasteiger partial charge in [-0.3, -0.25) is 9.36 Å². The predicted molar refractivity (Wildman–Crippen MR) is 119 cm³/mol. The Balaban J connectivity index is 1.68. The van der Waals surface area contributed by atoms with E-state index in [1.807, 2.05) is 25.7 Å². The third-order valence-electron chi connectivity index (χ3n) is 5.51. The fourth-order valence-electron chi connectivity index (χ4n) is 4.22. The minimum Gasteiger partial charge on any atom is -0.464 e. The predicted octanol–water partition coefficient (Wildman–Crippen LogP) is 1.76. The minimum absolute atomic E-state index is 0.269. The number of halogens is 1.